The van der Waals surface area contributed by atoms with Crippen molar-refractivity contribution in [1.82, 2.24) is 0 Å². The van der Waals surface area contributed by atoms with Crippen molar-refractivity contribution in [2.24, 2.45) is 0 Å². The standard InChI is InChI=1S/C7H8INO2S/c1-12(10,11)7-4-2-3-6(5-7)9-8/h2-5,9H,1H3. The average Bonchev–Trinajstić information content (AvgIpc) is 2.03. The molecule has 0 fully saturated rings. The van der Waals surface area contributed by atoms with E-state index in [9.17, 15) is 8.42 Å². The predicted molar refractivity (Wildman–Crippen MR) is 57.2 cm³/mol. The molecule has 3 nitrogen and oxygen atoms in total. The number of rotatable bonds is 2. The molecule has 0 aromatic heterocycles. The van der Waals surface area contributed by atoms with E-state index < -0.39 is 9.84 Å². The fraction of sp³-hybridized carbons (Fsp3) is 0.143. The minimum absolute atomic E-state index is 0.337. The van der Waals surface area contributed by atoms with Gasteiger partial charge >= 0.3 is 0 Å². The van der Waals surface area contributed by atoms with Gasteiger partial charge in [0.25, 0.3) is 0 Å². The van der Waals surface area contributed by atoms with Crippen LogP contribution in [0.15, 0.2) is 29.2 Å². The summed E-state index contributed by atoms with van der Waals surface area (Å²) in [5.74, 6) is 0. The van der Waals surface area contributed by atoms with Crippen LogP contribution in [0.2, 0.25) is 0 Å². The molecule has 12 heavy (non-hydrogen) atoms. The minimum Gasteiger partial charge on any atom is -0.328 e. The van der Waals surface area contributed by atoms with E-state index in [1.54, 1.807) is 24.3 Å². The van der Waals surface area contributed by atoms with Crippen LogP contribution in [0.4, 0.5) is 5.69 Å². The molecule has 1 aromatic carbocycles. The lowest BCUT2D eigenvalue weighted by Gasteiger charge is -2.00. The van der Waals surface area contributed by atoms with Crippen LogP contribution in [-0.4, -0.2) is 14.7 Å². The quantitative estimate of drug-likeness (QED) is 0.669. The Morgan fingerprint density at radius 2 is 2.08 bits per heavy atom. The summed E-state index contributed by atoms with van der Waals surface area (Å²) in [7, 11) is -3.08. The molecule has 1 rings (SSSR count). The zero-order chi connectivity index (χ0) is 9.19. The number of nitrogens with one attached hydrogen (secondary N) is 1. The smallest absolute Gasteiger partial charge is 0.175 e. The molecule has 0 aliphatic carbocycles. The van der Waals surface area contributed by atoms with Gasteiger partial charge < -0.3 is 3.53 Å². The fourth-order valence-electron chi connectivity index (χ4n) is 0.786. The molecule has 0 saturated carbocycles. The number of benzene rings is 1. The van der Waals surface area contributed by atoms with Crippen molar-refractivity contribution >= 4 is 38.4 Å². The van der Waals surface area contributed by atoms with Gasteiger partial charge in [-0.05, 0) is 18.2 Å². The lowest BCUT2D eigenvalue weighted by Crippen LogP contribution is -1.96. The van der Waals surface area contributed by atoms with Gasteiger partial charge in [0.2, 0.25) is 0 Å². The first-order valence-electron chi connectivity index (χ1n) is 3.21. The fourth-order valence-corrected chi connectivity index (χ4v) is 1.79. The Morgan fingerprint density at radius 3 is 2.58 bits per heavy atom. The molecule has 0 bridgehead atoms. The molecule has 0 amide bonds. The zero-order valence-corrected chi connectivity index (χ0v) is 9.39. The molecule has 1 aromatic rings. The molecule has 5 heteroatoms. The third-order valence-corrected chi connectivity index (χ3v) is 3.10. The van der Waals surface area contributed by atoms with Crippen molar-refractivity contribution in [3.05, 3.63) is 24.3 Å². The van der Waals surface area contributed by atoms with E-state index in [2.05, 4.69) is 3.53 Å². The summed E-state index contributed by atoms with van der Waals surface area (Å²) in [5, 5.41) is 0. The zero-order valence-electron chi connectivity index (χ0n) is 6.41. The maximum absolute atomic E-state index is 11.1. The number of sulfone groups is 1. The summed E-state index contributed by atoms with van der Waals surface area (Å²) in [4.78, 5) is 0.337. The number of anilines is 1. The van der Waals surface area contributed by atoms with E-state index in [-0.39, 0.29) is 0 Å². The van der Waals surface area contributed by atoms with Gasteiger partial charge in [-0.25, -0.2) is 8.42 Å². The highest BCUT2D eigenvalue weighted by molar-refractivity contribution is 14.1. The summed E-state index contributed by atoms with van der Waals surface area (Å²) in [5.41, 5.74) is 0.790. The Labute approximate surface area is 85.6 Å². The first-order valence-corrected chi connectivity index (χ1v) is 6.18. The van der Waals surface area contributed by atoms with Gasteiger partial charge in [-0.15, -0.1) is 0 Å². The van der Waals surface area contributed by atoms with E-state index in [4.69, 9.17) is 0 Å². The predicted octanol–water partition coefficient (Wildman–Crippen LogP) is 1.85. The molecule has 0 radical (unpaired) electrons. The molecule has 0 saturated heterocycles. The van der Waals surface area contributed by atoms with Gasteiger partial charge in [-0.3, -0.25) is 0 Å². The van der Waals surface area contributed by atoms with Gasteiger partial charge in [-0.2, -0.15) is 0 Å². The molecule has 0 unspecified atom stereocenters. The second-order valence-corrected chi connectivity index (χ2v) is 4.95. The molecule has 0 aliphatic heterocycles. The van der Waals surface area contributed by atoms with Crippen molar-refractivity contribution < 1.29 is 8.42 Å². The van der Waals surface area contributed by atoms with Crippen molar-refractivity contribution in [2.45, 2.75) is 4.90 Å². The van der Waals surface area contributed by atoms with Gasteiger partial charge in [0, 0.05) is 11.9 Å². The third kappa shape index (κ3) is 2.34. The molecule has 0 spiro atoms. The largest absolute Gasteiger partial charge is 0.328 e. The van der Waals surface area contributed by atoms with E-state index in [1.165, 1.54) is 6.26 Å². The summed E-state index contributed by atoms with van der Waals surface area (Å²) in [6.45, 7) is 0. The monoisotopic (exact) mass is 297 g/mol. The minimum atomic E-state index is -3.08. The Morgan fingerprint density at radius 1 is 1.42 bits per heavy atom. The van der Waals surface area contributed by atoms with Crippen molar-refractivity contribution in [1.29, 1.82) is 0 Å². The number of hydrogen-bond donors (Lipinski definition) is 1. The van der Waals surface area contributed by atoms with Crippen LogP contribution in [0.1, 0.15) is 0 Å². The summed E-state index contributed by atoms with van der Waals surface area (Å²) < 4.78 is 25.0. The SMILES string of the molecule is CS(=O)(=O)c1cccc(NI)c1. The van der Waals surface area contributed by atoms with Crippen LogP contribution in [0.5, 0.6) is 0 Å². The maximum atomic E-state index is 11.1. The van der Waals surface area contributed by atoms with Gasteiger partial charge in [-0.1, -0.05) is 6.07 Å². The third-order valence-electron chi connectivity index (χ3n) is 1.37. The highest BCUT2D eigenvalue weighted by Crippen LogP contribution is 2.15. The lowest BCUT2D eigenvalue weighted by molar-refractivity contribution is 0.602. The first-order chi connectivity index (χ1) is 5.54. The molecule has 66 valence electrons. The maximum Gasteiger partial charge on any atom is 0.175 e. The second-order valence-electron chi connectivity index (χ2n) is 2.39. The van der Waals surface area contributed by atoms with Gasteiger partial charge in [0.15, 0.2) is 9.84 Å². The van der Waals surface area contributed by atoms with Crippen LogP contribution in [0.3, 0.4) is 0 Å². The van der Waals surface area contributed by atoms with Crippen LogP contribution < -0.4 is 3.53 Å². The van der Waals surface area contributed by atoms with Crippen LogP contribution in [-0.2, 0) is 9.84 Å². The Bertz CT molecular complexity index is 375. The Hall–Kier alpha value is -0.300. The normalized spacial score (nSPS) is 11.2. The van der Waals surface area contributed by atoms with E-state index in [0.717, 1.165) is 5.69 Å². The molecule has 0 atom stereocenters. The summed E-state index contributed by atoms with van der Waals surface area (Å²) >= 11 is 1.95. The highest BCUT2D eigenvalue weighted by Gasteiger charge is 2.06. The summed E-state index contributed by atoms with van der Waals surface area (Å²) in [6.07, 6.45) is 1.19. The molecular formula is C7H8INO2S. The second kappa shape index (κ2) is 3.61. The number of hydrogen-bond acceptors (Lipinski definition) is 3. The summed E-state index contributed by atoms with van der Waals surface area (Å²) in [6, 6.07) is 6.69. The van der Waals surface area contributed by atoms with E-state index >= 15 is 0 Å². The Kier molecular flexibility index (Phi) is 2.94. The van der Waals surface area contributed by atoms with E-state index in [1.807, 2.05) is 22.9 Å². The molecular weight excluding hydrogens is 289 g/mol. The molecule has 1 N–H and O–H groups in total. The average molecular weight is 297 g/mol. The highest BCUT2D eigenvalue weighted by atomic mass is 127. The van der Waals surface area contributed by atoms with Gasteiger partial charge in [0.1, 0.15) is 0 Å². The van der Waals surface area contributed by atoms with E-state index in [0.29, 0.717) is 4.90 Å². The van der Waals surface area contributed by atoms with Crippen molar-refractivity contribution in [3.8, 4) is 0 Å². The topological polar surface area (TPSA) is 46.2 Å². The van der Waals surface area contributed by atoms with Gasteiger partial charge in [0.05, 0.1) is 27.8 Å². The number of halogens is 1. The van der Waals surface area contributed by atoms with Crippen molar-refractivity contribution in [2.75, 3.05) is 9.79 Å². The van der Waals surface area contributed by atoms with Crippen molar-refractivity contribution in [3.63, 3.8) is 0 Å². The van der Waals surface area contributed by atoms with Crippen LogP contribution >= 0.6 is 22.9 Å². The molecule has 0 heterocycles. The van der Waals surface area contributed by atoms with Crippen LogP contribution in [0, 0.1) is 0 Å². The van der Waals surface area contributed by atoms with Crippen LogP contribution in [0.25, 0.3) is 0 Å². The molecule has 0 aliphatic rings. The first kappa shape index (κ1) is 9.79. The Balaban J connectivity index is 3.20. The lowest BCUT2D eigenvalue weighted by atomic mass is 10.3.